The van der Waals surface area contributed by atoms with Gasteiger partial charge in [0.15, 0.2) is 11.2 Å². The van der Waals surface area contributed by atoms with Gasteiger partial charge in [-0.05, 0) is 62.4 Å². The number of fused-ring (bicyclic) bond motifs is 2. The van der Waals surface area contributed by atoms with Crippen molar-refractivity contribution in [3.8, 4) is 47.3 Å². The highest BCUT2D eigenvalue weighted by Gasteiger charge is 2.70. The fourth-order valence-electron chi connectivity index (χ4n) is 5.65. The van der Waals surface area contributed by atoms with Crippen LogP contribution in [-0.4, -0.2) is 37.6 Å². The summed E-state index contributed by atoms with van der Waals surface area (Å²) in [6.45, 7) is 1.16. The Hall–Kier alpha value is -6.16. The summed E-state index contributed by atoms with van der Waals surface area (Å²) in [5.74, 6) is -2.81. The molecule has 2 N–H and O–H groups in total. The van der Waals surface area contributed by atoms with E-state index in [1.54, 1.807) is 24.3 Å². The predicted molar refractivity (Wildman–Crippen MR) is 168 cm³/mol. The Morgan fingerprint density at radius 3 is 1.20 bits per heavy atom. The molecule has 0 radical (unpaired) electrons. The Labute approximate surface area is 301 Å². The summed E-state index contributed by atoms with van der Waals surface area (Å²) in [5.41, 5.74) is -9.41. The normalized spacial score (nSPS) is 21.7. The van der Waals surface area contributed by atoms with Crippen LogP contribution < -0.4 is 9.47 Å². The molecule has 0 saturated carbocycles. The Morgan fingerprint density at radius 1 is 0.574 bits per heavy atom. The maximum atomic E-state index is 14.2. The zero-order chi connectivity index (χ0) is 40.4. The van der Waals surface area contributed by atoms with Crippen molar-refractivity contribution in [2.24, 2.45) is 0 Å². The topological polar surface area (TPSA) is 222 Å². The monoisotopic (exact) mass is 788 g/mol. The van der Waals surface area contributed by atoms with Crippen molar-refractivity contribution in [3.05, 3.63) is 106 Å². The molecule has 20 heteroatoms. The van der Waals surface area contributed by atoms with Gasteiger partial charge in [-0.25, -0.2) is 25.6 Å². The minimum absolute atomic E-state index is 0.0919. The number of alkyl halides is 4. The molecule has 0 amide bonds. The van der Waals surface area contributed by atoms with Gasteiger partial charge in [-0.1, -0.05) is 0 Å². The third-order valence-electron chi connectivity index (χ3n) is 8.30. The molecule has 12 nitrogen and oxygen atoms in total. The van der Waals surface area contributed by atoms with Gasteiger partial charge in [0.2, 0.25) is 19.7 Å². The van der Waals surface area contributed by atoms with Gasteiger partial charge in [0.05, 0.1) is 33.1 Å². The quantitative estimate of drug-likeness (QED) is 0.231. The highest BCUT2D eigenvalue weighted by Crippen LogP contribution is 2.56. The summed E-state index contributed by atoms with van der Waals surface area (Å²) in [4.78, 5) is -1.78. The molecule has 6 rings (SSSR count). The molecule has 54 heavy (non-hydrogen) atoms. The van der Waals surface area contributed by atoms with Crippen LogP contribution >= 0.6 is 0 Å². The molecule has 276 valence electrons. The zero-order valence-corrected chi connectivity index (χ0v) is 28.6. The first-order valence-corrected chi connectivity index (χ1v) is 17.5. The third-order valence-corrected chi connectivity index (χ3v) is 12.3. The van der Waals surface area contributed by atoms with Gasteiger partial charge in [0, 0.05) is 23.3 Å². The SMILES string of the molecule is C[C@@]1(O)c2c(ccc(Oc3cc(F)cc(C#N)c3)c2C#N)S(=O)(=O)C1(F)F.C[C@]1(O)c2c(ccc(Oc3cc(F)cc(C#N)c3)c2C#N)S(=O)(=O)C1(F)F. The minimum atomic E-state index is -5.22. The zero-order valence-electron chi connectivity index (χ0n) is 27.0. The van der Waals surface area contributed by atoms with Gasteiger partial charge in [0.1, 0.15) is 57.9 Å². The van der Waals surface area contributed by atoms with Crippen molar-refractivity contribution in [2.45, 2.75) is 45.3 Å². The molecular weight excluding hydrogens is 771 g/mol. The van der Waals surface area contributed by atoms with E-state index in [1.807, 2.05) is 0 Å². The molecule has 0 aliphatic carbocycles. The molecule has 2 aliphatic rings. The molecule has 0 fully saturated rings. The number of hydrogen-bond donors (Lipinski definition) is 2. The van der Waals surface area contributed by atoms with E-state index in [0.717, 1.165) is 60.7 Å². The number of benzene rings is 4. The summed E-state index contributed by atoms with van der Waals surface area (Å²) >= 11 is 0. The van der Waals surface area contributed by atoms with Crippen molar-refractivity contribution < 1.29 is 62.9 Å². The summed E-state index contributed by atoms with van der Waals surface area (Å²) in [5, 5.41) is 47.8. The van der Waals surface area contributed by atoms with Crippen LogP contribution in [0.4, 0.5) is 26.3 Å². The Kier molecular flexibility index (Phi) is 9.23. The van der Waals surface area contributed by atoms with E-state index in [4.69, 9.17) is 20.0 Å². The number of nitrogens with zero attached hydrogens (tertiary/aromatic N) is 4. The second-order valence-electron chi connectivity index (χ2n) is 11.8. The molecule has 2 aliphatic heterocycles. The van der Waals surface area contributed by atoms with Gasteiger partial charge in [-0.2, -0.15) is 38.6 Å². The van der Waals surface area contributed by atoms with Gasteiger partial charge in [0.25, 0.3) is 0 Å². The maximum Gasteiger partial charge on any atom is 0.381 e. The molecular formula is C34H18F6N4O8S2. The third kappa shape index (κ3) is 5.64. The van der Waals surface area contributed by atoms with E-state index in [9.17, 15) is 63.9 Å². The molecule has 0 spiro atoms. The van der Waals surface area contributed by atoms with E-state index >= 15 is 0 Å². The number of rotatable bonds is 4. The standard InChI is InChI=1S/2C17H9F3N2O4S/c2*1-16(23)15-12(8-22)13(2-3-14(15)27(24,25)17(16,19)20)26-11-5-9(7-21)4-10(18)6-11/h2*2-6,23H,1H3/t2*16-/m10/s1. The molecule has 4 aromatic rings. The Morgan fingerprint density at radius 2 is 0.907 bits per heavy atom. The van der Waals surface area contributed by atoms with Crippen LogP contribution in [0.5, 0.6) is 23.0 Å². The second kappa shape index (κ2) is 12.8. The highest BCUT2D eigenvalue weighted by molar-refractivity contribution is 7.93. The summed E-state index contributed by atoms with van der Waals surface area (Å²) in [6.07, 6.45) is 0. The van der Waals surface area contributed by atoms with Crippen LogP contribution in [0.1, 0.15) is 47.2 Å². The maximum absolute atomic E-state index is 14.2. The summed E-state index contributed by atoms with van der Waals surface area (Å²) in [7, 11) is -10.4. The fourth-order valence-corrected chi connectivity index (χ4v) is 9.09. The van der Waals surface area contributed by atoms with E-state index in [1.165, 1.54) is 0 Å². The lowest BCUT2D eigenvalue weighted by Gasteiger charge is -2.25. The van der Waals surface area contributed by atoms with E-state index < -0.39 is 85.1 Å². The van der Waals surface area contributed by atoms with Crippen molar-refractivity contribution in [1.29, 1.82) is 21.0 Å². The lowest BCUT2D eigenvalue weighted by atomic mass is 9.91. The van der Waals surface area contributed by atoms with Crippen molar-refractivity contribution in [1.82, 2.24) is 0 Å². The number of aliphatic hydroxyl groups is 2. The molecule has 0 bridgehead atoms. The Balaban J connectivity index is 0.000000208. The number of nitriles is 4. The molecule has 4 aromatic carbocycles. The van der Waals surface area contributed by atoms with E-state index in [-0.39, 0.29) is 34.1 Å². The van der Waals surface area contributed by atoms with Gasteiger partial charge < -0.3 is 19.7 Å². The van der Waals surface area contributed by atoms with Gasteiger partial charge >= 0.3 is 10.5 Å². The van der Waals surface area contributed by atoms with Crippen LogP contribution in [0.15, 0.2) is 70.5 Å². The van der Waals surface area contributed by atoms with E-state index in [2.05, 4.69) is 0 Å². The smallest absolute Gasteiger partial charge is 0.381 e. The van der Waals surface area contributed by atoms with Crippen LogP contribution in [0.2, 0.25) is 0 Å². The molecule has 0 aromatic heterocycles. The fraction of sp³-hybridized carbons (Fsp3) is 0.176. The highest BCUT2D eigenvalue weighted by atomic mass is 32.2. The van der Waals surface area contributed by atoms with Crippen LogP contribution in [-0.2, 0) is 30.9 Å². The minimum Gasteiger partial charge on any atom is -0.456 e. The van der Waals surface area contributed by atoms with E-state index in [0.29, 0.717) is 13.8 Å². The number of hydrogen-bond acceptors (Lipinski definition) is 12. The van der Waals surface area contributed by atoms with Crippen molar-refractivity contribution in [3.63, 3.8) is 0 Å². The largest absolute Gasteiger partial charge is 0.456 e. The lowest BCUT2D eigenvalue weighted by molar-refractivity contribution is -0.115. The average molecular weight is 789 g/mol. The van der Waals surface area contributed by atoms with Gasteiger partial charge in [-0.15, -0.1) is 0 Å². The van der Waals surface area contributed by atoms with Crippen molar-refractivity contribution >= 4 is 19.7 Å². The summed E-state index contributed by atoms with van der Waals surface area (Å²) in [6, 6.07) is 15.9. The molecule has 2 heterocycles. The number of ether oxygens (including phenoxy) is 2. The molecule has 0 saturated heterocycles. The first-order chi connectivity index (χ1) is 24.9. The Bertz CT molecular complexity index is 2510. The van der Waals surface area contributed by atoms with Crippen molar-refractivity contribution in [2.75, 3.05) is 0 Å². The second-order valence-corrected chi connectivity index (χ2v) is 15.7. The van der Waals surface area contributed by atoms with Crippen LogP contribution in [0, 0.1) is 57.0 Å². The summed E-state index contributed by atoms with van der Waals surface area (Å²) < 4.78 is 143. The van der Waals surface area contributed by atoms with Gasteiger partial charge in [-0.3, -0.25) is 0 Å². The first-order valence-electron chi connectivity index (χ1n) is 14.6. The predicted octanol–water partition coefficient (Wildman–Crippen LogP) is 5.90. The lowest BCUT2D eigenvalue weighted by Crippen LogP contribution is -2.42. The average Bonchev–Trinajstić information content (AvgIpc) is 3.27. The van der Waals surface area contributed by atoms with Crippen LogP contribution in [0.25, 0.3) is 0 Å². The molecule has 0 unspecified atom stereocenters. The number of halogens is 6. The first kappa shape index (κ1) is 39.1. The van der Waals surface area contributed by atoms with Crippen LogP contribution in [0.3, 0.4) is 0 Å². The number of sulfone groups is 2. The molecule has 2 atom stereocenters.